The Morgan fingerprint density at radius 2 is 1.90 bits per heavy atom. The molecule has 1 aliphatic heterocycles. The maximum Gasteiger partial charge on any atom is 0.315 e. The summed E-state index contributed by atoms with van der Waals surface area (Å²) in [5.74, 6) is 0.354. The molecule has 4 rings (SSSR count). The summed E-state index contributed by atoms with van der Waals surface area (Å²) in [5, 5.41) is 6.77. The molecule has 2 N–H and O–H groups in total. The van der Waals surface area contributed by atoms with E-state index < -0.39 is 0 Å². The van der Waals surface area contributed by atoms with Crippen molar-refractivity contribution in [3.05, 3.63) is 65.7 Å². The Morgan fingerprint density at radius 1 is 1.17 bits per heavy atom. The predicted molar refractivity (Wildman–Crippen MR) is 113 cm³/mol. The van der Waals surface area contributed by atoms with Gasteiger partial charge in [0.05, 0.1) is 6.04 Å². The van der Waals surface area contributed by atoms with Gasteiger partial charge in [-0.2, -0.15) is 0 Å². The van der Waals surface area contributed by atoms with Crippen molar-refractivity contribution in [2.24, 2.45) is 0 Å². The summed E-state index contributed by atoms with van der Waals surface area (Å²) in [7, 11) is 0. The second kappa shape index (κ2) is 8.15. The molecule has 0 saturated carbocycles. The van der Waals surface area contributed by atoms with Crippen LogP contribution in [0.3, 0.4) is 0 Å². The van der Waals surface area contributed by atoms with Gasteiger partial charge in [-0.3, -0.25) is 0 Å². The Kier molecular flexibility index (Phi) is 5.43. The summed E-state index contributed by atoms with van der Waals surface area (Å²) in [6.45, 7) is 5.59. The van der Waals surface area contributed by atoms with Crippen LogP contribution in [0.15, 0.2) is 52.9 Å². The lowest BCUT2D eigenvalue weighted by atomic mass is 10.0. The zero-order valence-electron chi connectivity index (χ0n) is 16.7. The lowest BCUT2D eigenvalue weighted by Gasteiger charge is -2.34. The maximum absolute atomic E-state index is 13.5. The van der Waals surface area contributed by atoms with Gasteiger partial charge in [0.1, 0.15) is 17.2 Å². The number of fused-ring (bicyclic) bond motifs is 1. The van der Waals surface area contributed by atoms with Crippen LogP contribution in [0.25, 0.3) is 11.0 Å². The number of furan rings is 1. The van der Waals surface area contributed by atoms with Crippen molar-refractivity contribution < 1.29 is 13.6 Å². The van der Waals surface area contributed by atoms with E-state index in [1.165, 1.54) is 17.8 Å². The fourth-order valence-corrected chi connectivity index (χ4v) is 4.04. The Labute approximate surface area is 169 Å². The minimum atomic E-state index is -0.310. The highest BCUT2D eigenvalue weighted by atomic mass is 19.1. The molecule has 2 amide bonds. The Balaban J connectivity index is 1.33. The minimum Gasteiger partial charge on any atom is -0.459 e. The van der Waals surface area contributed by atoms with Gasteiger partial charge < -0.3 is 20.0 Å². The van der Waals surface area contributed by atoms with Gasteiger partial charge in [-0.1, -0.05) is 18.2 Å². The molecule has 0 spiro atoms. The Bertz CT molecular complexity index is 994. The number of nitrogens with zero attached hydrogens (tertiary/aromatic N) is 1. The molecule has 1 atom stereocenters. The molecule has 1 saturated heterocycles. The topological polar surface area (TPSA) is 57.5 Å². The molecular weight excluding hydrogens is 369 g/mol. The van der Waals surface area contributed by atoms with Crippen LogP contribution in [0.1, 0.15) is 37.1 Å². The quantitative estimate of drug-likeness (QED) is 0.660. The van der Waals surface area contributed by atoms with Gasteiger partial charge in [-0.05, 0) is 57.0 Å². The molecule has 0 radical (unpaired) electrons. The first-order valence-electron chi connectivity index (χ1n) is 10.1. The van der Waals surface area contributed by atoms with Crippen molar-refractivity contribution >= 4 is 22.7 Å². The van der Waals surface area contributed by atoms with E-state index in [1.807, 2.05) is 32.0 Å². The first-order chi connectivity index (χ1) is 14.0. The largest absolute Gasteiger partial charge is 0.459 e. The molecule has 1 aliphatic rings. The first kappa shape index (κ1) is 19.3. The van der Waals surface area contributed by atoms with Crippen LogP contribution in [0.4, 0.5) is 14.9 Å². The molecule has 29 heavy (non-hydrogen) atoms. The highest BCUT2D eigenvalue weighted by Gasteiger charge is 2.23. The number of amides is 2. The van der Waals surface area contributed by atoms with Gasteiger partial charge in [0.25, 0.3) is 0 Å². The molecular formula is C23H26FN3O2. The van der Waals surface area contributed by atoms with Gasteiger partial charge in [-0.25, -0.2) is 9.18 Å². The lowest BCUT2D eigenvalue weighted by molar-refractivity contribution is 0.230. The summed E-state index contributed by atoms with van der Waals surface area (Å²) in [6.07, 6.45) is 1.80. The zero-order valence-corrected chi connectivity index (χ0v) is 16.7. The standard InChI is InChI=1S/C23H26FN3O2/c1-15-20-14-17(24)8-9-21(20)29-22(15)16(2)25-23(28)26-18-10-12-27(13-11-18)19-6-4-3-5-7-19/h3-9,14,16,18H,10-13H2,1-2H3,(H2,25,26,28). The number of urea groups is 1. The third-order valence-corrected chi connectivity index (χ3v) is 5.63. The van der Waals surface area contributed by atoms with E-state index in [0.29, 0.717) is 11.3 Å². The van der Waals surface area contributed by atoms with Gasteiger partial charge in [0, 0.05) is 35.8 Å². The highest BCUT2D eigenvalue weighted by Crippen LogP contribution is 2.30. The van der Waals surface area contributed by atoms with Gasteiger partial charge in [0.15, 0.2) is 0 Å². The fraction of sp³-hybridized carbons (Fsp3) is 0.348. The van der Waals surface area contributed by atoms with Crippen molar-refractivity contribution in [3.8, 4) is 0 Å². The molecule has 5 nitrogen and oxygen atoms in total. The SMILES string of the molecule is Cc1c(C(C)NC(=O)NC2CCN(c3ccccc3)CC2)oc2ccc(F)cc12. The second-order valence-corrected chi connectivity index (χ2v) is 7.67. The summed E-state index contributed by atoms with van der Waals surface area (Å²) in [5.41, 5.74) is 2.70. The minimum absolute atomic E-state index is 0.146. The number of piperidine rings is 1. The molecule has 3 aromatic rings. The third kappa shape index (κ3) is 4.21. The molecule has 1 fully saturated rings. The fourth-order valence-electron chi connectivity index (χ4n) is 4.04. The average molecular weight is 395 g/mol. The van der Waals surface area contributed by atoms with Crippen LogP contribution in [-0.4, -0.2) is 25.2 Å². The molecule has 1 unspecified atom stereocenters. The number of hydrogen-bond acceptors (Lipinski definition) is 3. The smallest absolute Gasteiger partial charge is 0.315 e. The number of carbonyl (C=O) groups excluding carboxylic acids is 1. The molecule has 1 aromatic heterocycles. The van der Waals surface area contributed by atoms with Crippen molar-refractivity contribution in [1.82, 2.24) is 10.6 Å². The molecule has 152 valence electrons. The third-order valence-electron chi connectivity index (χ3n) is 5.63. The van der Waals surface area contributed by atoms with E-state index in [2.05, 4.69) is 27.7 Å². The monoisotopic (exact) mass is 395 g/mol. The van der Waals surface area contributed by atoms with E-state index in [4.69, 9.17) is 4.42 Å². The number of para-hydroxylation sites is 1. The normalized spacial score (nSPS) is 16.0. The number of anilines is 1. The number of rotatable bonds is 4. The van der Waals surface area contributed by atoms with Crippen LogP contribution in [-0.2, 0) is 0 Å². The van der Waals surface area contributed by atoms with Crippen molar-refractivity contribution in [2.45, 2.75) is 38.8 Å². The average Bonchev–Trinajstić information content (AvgIpc) is 3.05. The maximum atomic E-state index is 13.5. The van der Waals surface area contributed by atoms with E-state index in [-0.39, 0.29) is 23.9 Å². The van der Waals surface area contributed by atoms with Crippen LogP contribution >= 0.6 is 0 Å². The van der Waals surface area contributed by atoms with E-state index in [0.717, 1.165) is 36.9 Å². The summed E-state index contributed by atoms with van der Waals surface area (Å²) < 4.78 is 19.4. The molecule has 2 heterocycles. The number of nitrogens with one attached hydrogen (secondary N) is 2. The molecule has 2 aromatic carbocycles. The van der Waals surface area contributed by atoms with E-state index >= 15 is 0 Å². The summed E-state index contributed by atoms with van der Waals surface area (Å²) >= 11 is 0. The predicted octanol–water partition coefficient (Wildman–Crippen LogP) is 4.91. The molecule has 0 bridgehead atoms. The molecule has 6 heteroatoms. The van der Waals surface area contributed by atoms with Crippen molar-refractivity contribution in [3.63, 3.8) is 0 Å². The number of halogens is 1. The second-order valence-electron chi connectivity index (χ2n) is 7.67. The molecule has 0 aliphatic carbocycles. The van der Waals surface area contributed by atoms with Gasteiger partial charge >= 0.3 is 6.03 Å². The summed E-state index contributed by atoms with van der Waals surface area (Å²) in [4.78, 5) is 14.8. The van der Waals surface area contributed by atoms with E-state index in [9.17, 15) is 9.18 Å². The van der Waals surface area contributed by atoms with Crippen molar-refractivity contribution in [2.75, 3.05) is 18.0 Å². The van der Waals surface area contributed by atoms with Crippen LogP contribution in [0.5, 0.6) is 0 Å². The van der Waals surface area contributed by atoms with Crippen LogP contribution < -0.4 is 15.5 Å². The Morgan fingerprint density at radius 3 is 2.62 bits per heavy atom. The number of benzene rings is 2. The van der Waals surface area contributed by atoms with Gasteiger partial charge in [-0.15, -0.1) is 0 Å². The Hall–Kier alpha value is -3.02. The van der Waals surface area contributed by atoms with Crippen LogP contribution in [0.2, 0.25) is 0 Å². The first-order valence-corrected chi connectivity index (χ1v) is 10.1. The van der Waals surface area contributed by atoms with Gasteiger partial charge in [0.2, 0.25) is 0 Å². The van der Waals surface area contributed by atoms with E-state index in [1.54, 1.807) is 6.07 Å². The number of aryl methyl sites for hydroxylation is 1. The van der Waals surface area contributed by atoms with Crippen molar-refractivity contribution in [1.29, 1.82) is 0 Å². The number of carbonyl (C=O) groups is 1. The number of hydrogen-bond donors (Lipinski definition) is 2. The van der Waals surface area contributed by atoms with Crippen LogP contribution in [0, 0.1) is 12.7 Å². The summed E-state index contributed by atoms with van der Waals surface area (Å²) in [6, 6.07) is 14.4. The zero-order chi connectivity index (χ0) is 20.4. The lowest BCUT2D eigenvalue weighted by Crippen LogP contribution is -2.48. The highest BCUT2D eigenvalue weighted by molar-refractivity contribution is 5.82.